The van der Waals surface area contributed by atoms with Gasteiger partial charge in [0.05, 0.1) is 12.2 Å². The van der Waals surface area contributed by atoms with E-state index in [4.69, 9.17) is 4.74 Å². The Labute approximate surface area is 147 Å². The van der Waals surface area contributed by atoms with Gasteiger partial charge >= 0.3 is 0 Å². The average molecular weight is 342 g/mol. The van der Waals surface area contributed by atoms with Gasteiger partial charge in [-0.15, -0.1) is 0 Å². The van der Waals surface area contributed by atoms with Crippen molar-refractivity contribution in [3.8, 4) is 5.88 Å². The minimum atomic E-state index is -0.231. The van der Waals surface area contributed by atoms with Gasteiger partial charge in [-0.3, -0.25) is 4.79 Å². The van der Waals surface area contributed by atoms with Crippen LogP contribution in [-0.2, 0) is 0 Å². The maximum absolute atomic E-state index is 13.2. The lowest BCUT2D eigenvalue weighted by molar-refractivity contribution is 0.0754. The number of ether oxygens (including phenoxy) is 1. The molecule has 0 aliphatic carbocycles. The second-order valence-corrected chi connectivity index (χ2v) is 6.31. The molecule has 1 saturated heterocycles. The fraction of sp³-hybridized carbons (Fsp3) is 0.400. The molecule has 1 aliphatic rings. The Bertz CT molecular complexity index is 701. The molecule has 2 aromatic rings. The predicted octanol–water partition coefficient (Wildman–Crippen LogP) is 4.03. The summed E-state index contributed by atoms with van der Waals surface area (Å²) in [7, 11) is 0. The lowest BCUT2D eigenvalue weighted by Gasteiger charge is -2.25. The van der Waals surface area contributed by atoms with E-state index >= 15 is 0 Å². The van der Waals surface area contributed by atoms with Crippen molar-refractivity contribution in [1.82, 2.24) is 9.88 Å². The first kappa shape index (κ1) is 17.4. The van der Waals surface area contributed by atoms with E-state index in [-0.39, 0.29) is 17.6 Å². The minimum absolute atomic E-state index is 0.00967. The van der Waals surface area contributed by atoms with E-state index < -0.39 is 0 Å². The van der Waals surface area contributed by atoms with Crippen molar-refractivity contribution in [2.45, 2.75) is 32.1 Å². The first-order valence-electron chi connectivity index (χ1n) is 8.81. The molecule has 1 aromatic carbocycles. The quantitative estimate of drug-likeness (QED) is 0.842. The maximum Gasteiger partial charge on any atom is 0.255 e. The van der Waals surface area contributed by atoms with Crippen molar-refractivity contribution in [3.63, 3.8) is 0 Å². The molecule has 1 aliphatic heterocycles. The van der Waals surface area contributed by atoms with Crippen molar-refractivity contribution in [2.24, 2.45) is 0 Å². The Morgan fingerprint density at radius 3 is 2.72 bits per heavy atom. The Kier molecular flexibility index (Phi) is 5.64. The molecule has 3 rings (SSSR count). The van der Waals surface area contributed by atoms with Crippen molar-refractivity contribution >= 4 is 5.91 Å². The molecule has 1 fully saturated rings. The van der Waals surface area contributed by atoms with Gasteiger partial charge in [0.2, 0.25) is 5.88 Å². The fourth-order valence-electron chi connectivity index (χ4n) is 3.26. The number of rotatable bonds is 4. The molecule has 0 bridgehead atoms. The Morgan fingerprint density at radius 2 is 2.04 bits per heavy atom. The number of carbonyl (C=O) groups excluding carboxylic acids is 1. The molecule has 0 saturated carbocycles. The summed E-state index contributed by atoms with van der Waals surface area (Å²) >= 11 is 0. The third-order valence-electron chi connectivity index (χ3n) is 4.58. The van der Waals surface area contributed by atoms with Gasteiger partial charge in [0.15, 0.2) is 0 Å². The second-order valence-electron chi connectivity index (χ2n) is 6.31. The van der Waals surface area contributed by atoms with Crippen molar-refractivity contribution in [3.05, 3.63) is 59.5 Å². The number of nitrogens with zero attached hydrogens (tertiary/aromatic N) is 2. The van der Waals surface area contributed by atoms with Gasteiger partial charge in [-0.25, -0.2) is 9.37 Å². The summed E-state index contributed by atoms with van der Waals surface area (Å²) in [6.45, 7) is 3.83. The zero-order valence-electron chi connectivity index (χ0n) is 14.5. The summed E-state index contributed by atoms with van der Waals surface area (Å²) in [6, 6.07) is 10.1. The standard InChI is InChI=1S/C20H23FN2O2/c1-2-25-19-11-8-16(13-22-19)20(24)23-12-4-3-5-17(14-23)15-6-9-18(21)10-7-15/h6-11,13,17H,2-5,12,14H2,1H3/t17-/m1/s1. The smallest absolute Gasteiger partial charge is 0.255 e. The van der Waals surface area contributed by atoms with E-state index in [0.717, 1.165) is 31.4 Å². The number of aromatic nitrogens is 1. The number of likely N-dealkylation sites (tertiary alicyclic amines) is 1. The van der Waals surface area contributed by atoms with Gasteiger partial charge < -0.3 is 9.64 Å². The first-order chi connectivity index (χ1) is 12.2. The molecule has 25 heavy (non-hydrogen) atoms. The van der Waals surface area contributed by atoms with Gasteiger partial charge in [-0.2, -0.15) is 0 Å². The molecule has 1 atom stereocenters. The summed E-state index contributed by atoms with van der Waals surface area (Å²) in [5.41, 5.74) is 1.66. The topological polar surface area (TPSA) is 42.4 Å². The van der Waals surface area contributed by atoms with Crippen LogP contribution >= 0.6 is 0 Å². The highest BCUT2D eigenvalue weighted by Crippen LogP contribution is 2.27. The van der Waals surface area contributed by atoms with Crippen LogP contribution in [0.2, 0.25) is 0 Å². The number of hydrogen-bond donors (Lipinski definition) is 0. The number of carbonyl (C=O) groups is 1. The molecule has 4 nitrogen and oxygen atoms in total. The lowest BCUT2D eigenvalue weighted by Crippen LogP contribution is -2.34. The highest BCUT2D eigenvalue weighted by molar-refractivity contribution is 5.94. The zero-order valence-corrected chi connectivity index (χ0v) is 14.5. The van der Waals surface area contributed by atoms with Gasteiger partial charge in [0.25, 0.3) is 5.91 Å². The molecule has 2 heterocycles. The average Bonchev–Trinajstić information content (AvgIpc) is 2.89. The molecular weight excluding hydrogens is 319 g/mol. The normalized spacial score (nSPS) is 17.8. The SMILES string of the molecule is CCOc1ccc(C(=O)N2CCCC[C@@H](c3ccc(F)cc3)C2)cn1. The van der Waals surface area contributed by atoms with E-state index in [2.05, 4.69) is 4.98 Å². The molecule has 0 spiro atoms. The van der Waals surface area contributed by atoms with Gasteiger partial charge in [-0.1, -0.05) is 18.6 Å². The minimum Gasteiger partial charge on any atom is -0.478 e. The van der Waals surface area contributed by atoms with Crippen LogP contribution < -0.4 is 4.74 Å². The number of amides is 1. The largest absolute Gasteiger partial charge is 0.478 e. The lowest BCUT2D eigenvalue weighted by atomic mass is 9.94. The summed E-state index contributed by atoms with van der Waals surface area (Å²) < 4.78 is 18.5. The molecule has 1 amide bonds. The Morgan fingerprint density at radius 1 is 1.24 bits per heavy atom. The van der Waals surface area contributed by atoms with Crippen LogP contribution in [0.5, 0.6) is 5.88 Å². The van der Waals surface area contributed by atoms with E-state index in [9.17, 15) is 9.18 Å². The third kappa shape index (κ3) is 4.35. The number of benzene rings is 1. The molecule has 0 unspecified atom stereocenters. The molecule has 1 aromatic heterocycles. The molecular formula is C20H23FN2O2. The fourth-order valence-corrected chi connectivity index (χ4v) is 3.26. The van der Waals surface area contributed by atoms with Gasteiger partial charge in [0.1, 0.15) is 5.82 Å². The van der Waals surface area contributed by atoms with Crippen molar-refractivity contribution in [2.75, 3.05) is 19.7 Å². The highest BCUT2D eigenvalue weighted by atomic mass is 19.1. The predicted molar refractivity (Wildman–Crippen MR) is 94.3 cm³/mol. The van der Waals surface area contributed by atoms with Crippen LogP contribution in [-0.4, -0.2) is 35.5 Å². The van der Waals surface area contributed by atoms with Crippen LogP contribution in [0.25, 0.3) is 0 Å². The second kappa shape index (κ2) is 8.10. The highest BCUT2D eigenvalue weighted by Gasteiger charge is 2.24. The van der Waals surface area contributed by atoms with E-state index in [0.29, 0.717) is 24.6 Å². The number of halogens is 1. The zero-order chi connectivity index (χ0) is 17.6. The maximum atomic E-state index is 13.2. The van der Waals surface area contributed by atoms with Gasteiger partial charge in [0, 0.05) is 31.3 Å². The van der Waals surface area contributed by atoms with Crippen molar-refractivity contribution in [1.29, 1.82) is 0 Å². The molecule has 0 N–H and O–H groups in total. The van der Waals surface area contributed by atoms with Crippen LogP contribution in [0.15, 0.2) is 42.6 Å². The Balaban J connectivity index is 1.73. The van der Waals surface area contributed by atoms with Crippen LogP contribution in [0, 0.1) is 5.82 Å². The molecule has 0 radical (unpaired) electrons. The van der Waals surface area contributed by atoms with Crippen LogP contribution in [0.1, 0.15) is 48.0 Å². The van der Waals surface area contributed by atoms with Crippen LogP contribution in [0.4, 0.5) is 4.39 Å². The molecule has 5 heteroatoms. The monoisotopic (exact) mass is 342 g/mol. The first-order valence-corrected chi connectivity index (χ1v) is 8.81. The summed E-state index contributed by atoms with van der Waals surface area (Å²) in [4.78, 5) is 18.9. The van der Waals surface area contributed by atoms with Crippen molar-refractivity contribution < 1.29 is 13.9 Å². The number of hydrogen-bond acceptors (Lipinski definition) is 3. The van der Waals surface area contributed by atoms with E-state index in [1.54, 1.807) is 18.3 Å². The third-order valence-corrected chi connectivity index (χ3v) is 4.58. The summed E-state index contributed by atoms with van der Waals surface area (Å²) in [5.74, 6) is 0.525. The molecule has 132 valence electrons. The van der Waals surface area contributed by atoms with E-state index in [1.165, 1.54) is 12.1 Å². The summed E-state index contributed by atoms with van der Waals surface area (Å²) in [6.07, 6.45) is 4.63. The number of pyridine rings is 1. The van der Waals surface area contributed by atoms with Crippen LogP contribution in [0.3, 0.4) is 0 Å². The summed E-state index contributed by atoms with van der Waals surface area (Å²) in [5, 5.41) is 0. The Hall–Kier alpha value is -2.43. The van der Waals surface area contributed by atoms with E-state index in [1.807, 2.05) is 24.0 Å². The van der Waals surface area contributed by atoms with Gasteiger partial charge in [-0.05, 0) is 43.5 Å².